The van der Waals surface area contributed by atoms with Gasteiger partial charge in [-0.2, -0.15) is 4.99 Å². The Morgan fingerprint density at radius 3 is 2.67 bits per heavy atom. The number of carbonyl (C=O) groups is 2. The number of halogens is 1. The second kappa shape index (κ2) is 9.23. The van der Waals surface area contributed by atoms with Gasteiger partial charge in [-0.25, -0.2) is 4.39 Å². The smallest absolute Gasteiger partial charge is 0.326 e. The summed E-state index contributed by atoms with van der Waals surface area (Å²) in [4.78, 5) is 38.7. The Kier molecular flexibility index (Phi) is 6.48. The summed E-state index contributed by atoms with van der Waals surface area (Å²) in [6, 6.07) is 9.74. The lowest BCUT2D eigenvalue weighted by Gasteiger charge is -2.04. The van der Waals surface area contributed by atoms with Crippen molar-refractivity contribution in [1.29, 1.82) is 0 Å². The molecule has 30 heavy (non-hydrogen) atoms. The lowest BCUT2D eigenvalue weighted by atomic mass is 10.2. The first-order chi connectivity index (χ1) is 14.4. The van der Waals surface area contributed by atoms with Crippen molar-refractivity contribution in [2.45, 2.75) is 13.5 Å². The molecule has 0 N–H and O–H groups in total. The summed E-state index contributed by atoms with van der Waals surface area (Å²) < 4.78 is 20.6. The largest absolute Gasteiger partial charge is 0.465 e. The number of hydrogen-bond acceptors (Lipinski definition) is 6. The van der Waals surface area contributed by atoms with Crippen LogP contribution in [0.3, 0.4) is 0 Å². The Morgan fingerprint density at radius 1 is 1.27 bits per heavy atom. The van der Waals surface area contributed by atoms with Crippen LogP contribution >= 0.6 is 11.3 Å². The Bertz CT molecular complexity index is 1210. The van der Waals surface area contributed by atoms with Crippen molar-refractivity contribution in [3.05, 3.63) is 74.8 Å². The van der Waals surface area contributed by atoms with Crippen LogP contribution in [0, 0.1) is 15.9 Å². The summed E-state index contributed by atoms with van der Waals surface area (Å²) in [6.07, 6.45) is 2.68. The Hall–Kier alpha value is -3.66. The third-order valence-electron chi connectivity index (χ3n) is 3.97. The number of hydrogen-bond donors (Lipinski definition) is 0. The van der Waals surface area contributed by atoms with Crippen LogP contribution in [-0.2, 0) is 20.9 Å². The van der Waals surface area contributed by atoms with Gasteiger partial charge in [0.1, 0.15) is 12.4 Å². The second-order valence-corrected chi connectivity index (χ2v) is 7.03. The van der Waals surface area contributed by atoms with Crippen molar-refractivity contribution in [2.24, 2.45) is 4.99 Å². The van der Waals surface area contributed by atoms with E-state index in [-0.39, 0.29) is 23.6 Å². The summed E-state index contributed by atoms with van der Waals surface area (Å²) in [5.41, 5.74) is 1.09. The number of benzene rings is 2. The Labute approximate surface area is 173 Å². The molecule has 1 heterocycles. The lowest BCUT2D eigenvalue weighted by molar-refractivity contribution is -0.384. The van der Waals surface area contributed by atoms with Gasteiger partial charge in [0.15, 0.2) is 4.80 Å². The van der Waals surface area contributed by atoms with Gasteiger partial charge in [0.2, 0.25) is 0 Å². The fourth-order valence-corrected chi connectivity index (χ4v) is 3.69. The monoisotopic (exact) mass is 429 g/mol. The van der Waals surface area contributed by atoms with Gasteiger partial charge in [-0.1, -0.05) is 11.3 Å². The molecule has 0 saturated heterocycles. The van der Waals surface area contributed by atoms with Crippen LogP contribution in [-0.4, -0.2) is 28.0 Å². The molecule has 3 aromatic rings. The maximum absolute atomic E-state index is 13.6. The van der Waals surface area contributed by atoms with Crippen LogP contribution < -0.4 is 4.80 Å². The minimum atomic E-state index is -0.599. The molecule has 0 fully saturated rings. The van der Waals surface area contributed by atoms with E-state index in [0.717, 1.165) is 11.3 Å². The lowest BCUT2D eigenvalue weighted by Crippen LogP contribution is -2.22. The number of fused-ring (bicyclic) bond motifs is 1. The third-order valence-corrected chi connectivity index (χ3v) is 5.01. The van der Waals surface area contributed by atoms with E-state index in [1.807, 2.05) is 0 Å². The fraction of sp³-hybridized carbons (Fsp3) is 0.150. The van der Waals surface area contributed by atoms with Crippen LogP contribution in [0.4, 0.5) is 10.1 Å². The molecule has 0 spiro atoms. The number of non-ortho nitro benzene ring substituents is 1. The number of rotatable bonds is 6. The van der Waals surface area contributed by atoms with Gasteiger partial charge < -0.3 is 9.30 Å². The van der Waals surface area contributed by atoms with E-state index in [9.17, 15) is 24.1 Å². The normalized spacial score (nSPS) is 11.9. The number of carbonyl (C=O) groups excluding carboxylic acids is 2. The summed E-state index contributed by atoms with van der Waals surface area (Å²) in [5.74, 6) is -1.54. The second-order valence-electron chi connectivity index (χ2n) is 6.02. The van der Waals surface area contributed by atoms with Crippen molar-refractivity contribution >= 4 is 45.2 Å². The molecule has 0 saturated carbocycles. The number of amides is 1. The molecule has 1 aromatic heterocycles. The summed E-state index contributed by atoms with van der Waals surface area (Å²) in [7, 11) is 0. The SMILES string of the molecule is CCOC(=O)Cn1c(=NC(=O)/C=C\c2ccc([N+](=O)[O-])cc2)sc2cc(F)ccc21. The first-order valence-corrected chi connectivity index (χ1v) is 9.64. The minimum Gasteiger partial charge on any atom is -0.465 e. The van der Waals surface area contributed by atoms with Crippen LogP contribution in [0.1, 0.15) is 12.5 Å². The van der Waals surface area contributed by atoms with Crippen LogP contribution in [0.5, 0.6) is 0 Å². The predicted octanol–water partition coefficient (Wildman–Crippen LogP) is 3.45. The van der Waals surface area contributed by atoms with Crippen molar-refractivity contribution in [1.82, 2.24) is 4.57 Å². The molecular weight excluding hydrogens is 413 g/mol. The van der Waals surface area contributed by atoms with Gasteiger partial charge in [0.05, 0.1) is 21.7 Å². The number of thiazole rings is 1. The standard InChI is InChI=1S/C20H16FN3O5S/c1-2-29-19(26)12-23-16-9-6-14(21)11-17(16)30-20(23)22-18(25)10-5-13-3-7-15(8-4-13)24(27)28/h3-11H,2,12H2,1H3/b10-5-,22-20?. The maximum Gasteiger partial charge on any atom is 0.326 e. The average Bonchev–Trinajstić information content (AvgIpc) is 3.02. The molecule has 10 heteroatoms. The highest BCUT2D eigenvalue weighted by atomic mass is 32.1. The van der Waals surface area contributed by atoms with Crippen LogP contribution in [0.2, 0.25) is 0 Å². The third kappa shape index (κ3) is 5.03. The van der Waals surface area contributed by atoms with Gasteiger partial charge in [0.25, 0.3) is 11.6 Å². The molecule has 1 amide bonds. The van der Waals surface area contributed by atoms with E-state index in [2.05, 4.69) is 4.99 Å². The molecule has 0 bridgehead atoms. The fourth-order valence-electron chi connectivity index (χ4n) is 2.63. The van der Waals surface area contributed by atoms with Gasteiger partial charge >= 0.3 is 5.97 Å². The van der Waals surface area contributed by atoms with Gasteiger partial charge in [-0.3, -0.25) is 19.7 Å². The van der Waals surface area contributed by atoms with E-state index in [1.54, 1.807) is 6.92 Å². The summed E-state index contributed by atoms with van der Waals surface area (Å²) in [5, 5.41) is 10.7. The molecule has 0 aliphatic carbocycles. The van der Waals surface area contributed by atoms with Gasteiger partial charge in [0, 0.05) is 18.2 Å². The molecule has 8 nitrogen and oxygen atoms in total. The van der Waals surface area contributed by atoms with Crippen LogP contribution in [0.25, 0.3) is 16.3 Å². The van der Waals surface area contributed by atoms with E-state index in [1.165, 1.54) is 59.2 Å². The number of esters is 1. The molecule has 0 aliphatic heterocycles. The van der Waals surface area contributed by atoms with Gasteiger partial charge in [-0.05, 0) is 48.9 Å². The average molecular weight is 429 g/mol. The maximum atomic E-state index is 13.6. The van der Waals surface area contributed by atoms with Gasteiger partial charge in [-0.15, -0.1) is 0 Å². The first kappa shape index (κ1) is 21.1. The summed E-state index contributed by atoms with van der Waals surface area (Å²) >= 11 is 1.07. The van der Waals surface area contributed by atoms with E-state index in [4.69, 9.17) is 4.74 Å². The molecule has 0 radical (unpaired) electrons. The molecule has 0 atom stereocenters. The molecule has 154 valence electrons. The molecule has 2 aromatic carbocycles. The molecular formula is C20H16FN3O5S. The number of aromatic nitrogens is 1. The number of nitro benzene ring substituents is 1. The Morgan fingerprint density at radius 2 is 2.00 bits per heavy atom. The van der Waals surface area contributed by atoms with Crippen molar-refractivity contribution < 1.29 is 23.6 Å². The Balaban J connectivity index is 1.92. The zero-order chi connectivity index (χ0) is 21.7. The predicted molar refractivity (Wildman–Crippen MR) is 109 cm³/mol. The molecule has 0 aliphatic rings. The molecule has 0 unspecified atom stereocenters. The van der Waals surface area contributed by atoms with Crippen molar-refractivity contribution in [2.75, 3.05) is 6.61 Å². The zero-order valence-corrected chi connectivity index (χ0v) is 16.6. The first-order valence-electron chi connectivity index (χ1n) is 8.83. The topological polar surface area (TPSA) is 104 Å². The summed E-state index contributed by atoms with van der Waals surface area (Å²) in [6.45, 7) is 1.72. The zero-order valence-electron chi connectivity index (χ0n) is 15.8. The van der Waals surface area contributed by atoms with E-state index in [0.29, 0.717) is 15.8 Å². The van der Waals surface area contributed by atoms with E-state index >= 15 is 0 Å². The number of nitro groups is 1. The minimum absolute atomic E-state index is 0.0549. The highest BCUT2D eigenvalue weighted by molar-refractivity contribution is 7.16. The van der Waals surface area contributed by atoms with Crippen molar-refractivity contribution in [3.8, 4) is 0 Å². The highest BCUT2D eigenvalue weighted by Crippen LogP contribution is 2.19. The highest BCUT2D eigenvalue weighted by Gasteiger charge is 2.12. The number of nitrogens with zero attached hydrogens (tertiary/aromatic N) is 3. The number of ether oxygens (including phenoxy) is 1. The van der Waals surface area contributed by atoms with Crippen LogP contribution in [0.15, 0.2) is 53.5 Å². The molecule has 3 rings (SSSR count). The van der Waals surface area contributed by atoms with Crippen molar-refractivity contribution in [3.63, 3.8) is 0 Å². The van der Waals surface area contributed by atoms with E-state index < -0.39 is 22.6 Å². The quantitative estimate of drug-likeness (QED) is 0.258.